The molecule has 1 N–H and O–H groups in total. The van der Waals surface area contributed by atoms with Crippen molar-refractivity contribution in [3.63, 3.8) is 0 Å². The van der Waals surface area contributed by atoms with Crippen molar-refractivity contribution in [2.45, 2.75) is 12.8 Å². The van der Waals surface area contributed by atoms with Gasteiger partial charge in [0.1, 0.15) is 12.1 Å². The van der Waals surface area contributed by atoms with E-state index < -0.39 is 0 Å². The average molecular weight is 398 g/mol. The van der Waals surface area contributed by atoms with Crippen molar-refractivity contribution in [2.75, 3.05) is 23.3 Å². The molecular formula is C23H22N6O. The standard InChI is InChI=1S/C23H22N6O/c30-23(25-20-9-5-4-8-19(20)17-6-2-1-3-7-17)18-12-14-28(15-13-18)22-11-10-21-26-24-16-29(21)27-22/h1-11,16,18H,12-15H2,(H,25,30). The Bertz CT molecular complexity index is 1160. The molecule has 1 fully saturated rings. The number of hydrogen-bond donors (Lipinski definition) is 1. The van der Waals surface area contributed by atoms with Gasteiger partial charge in [0.05, 0.1) is 0 Å². The molecule has 4 aromatic rings. The van der Waals surface area contributed by atoms with E-state index in [2.05, 4.69) is 37.6 Å². The zero-order valence-corrected chi connectivity index (χ0v) is 16.5. The van der Waals surface area contributed by atoms with Gasteiger partial charge in [-0.25, -0.2) is 0 Å². The first-order valence-electron chi connectivity index (χ1n) is 10.2. The van der Waals surface area contributed by atoms with Crippen molar-refractivity contribution >= 4 is 23.1 Å². The van der Waals surface area contributed by atoms with Crippen LogP contribution < -0.4 is 10.2 Å². The van der Waals surface area contributed by atoms with E-state index in [9.17, 15) is 4.79 Å². The van der Waals surface area contributed by atoms with E-state index in [1.807, 2.05) is 54.6 Å². The molecule has 0 saturated carbocycles. The molecule has 30 heavy (non-hydrogen) atoms. The first kappa shape index (κ1) is 18.3. The summed E-state index contributed by atoms with van der Waals surface area (Å²) in [5, 5.41) is 15.6. The molecule has 1 saturated heterocycles. The second-order valence-corrected chi connectivity index (χ2v) is 7.49. The van der Waals surface area contributed by atoms with Crippen molar-refractivity contribution < 1.29 is 4.79 Å². The predicted molar refractivity (Wildman–Crippen MR) is 116 cm³/mol. The highest BCUT2D eigenvalue weighted by atomic mass is 16.1. The lowest BCUT2D eigenvalue weighted by atomic mass is 9.95. The first-order valence-corrected chi connectivity index (χ1v) is 10.2. The van der Waals surface area contributed by atoms with Crippen LogP contribution in [-0.2, 0) is 4.79 Å². The Balaban J connectivity index is 1.25. The lowest BCUT2D eigenvalue weighted by molar-refractivity contribution is -0.120. The Labute approximate surface area is 174 Å². The summed E-state index contributed by atoms with van der Waals surface area (Å²) in [5.74, 6) is 0.958. The quantitative estimate of drug-likeness (QED) is 0.568. The van der Waals surface area contributed by atoms with E-state index >= 15 is 0 Å². The highest BCUT2D eigenvalue weighted by Gasteiger charge is 2.26. The molecule has 5 rings (SSSR count). The second-order valence-electron chi connectivity index (χ2n) is 7.49. The van der Waals surface area contributed by atoms with Crippen molar-refractivity contribution in [3.05, 3.63) is 73.1 Å². The number of rotatable bonds is 4. The van der Waals surface area contributed by atoms with Crippen molar-refractivity contribution in [1.82, 2.24) is 19.8 Å². The van der Waals surface area contributed by atoms with E-state index in [1.165, 1.54) is 0 Å². The number of carbonyl (C=O) groups is 1. The molecule has 3 heterocycles. The largest absolute Gasteiger partial charge is 0.355 e. The minimum absolute atomic E-state index is 0.0104. The molecule has 7 heteroatoms. The smallest absolute Gasteiger partial charge is 0.227 e. The Morgan fingerprint density at radius 3 is 2.53 bits per heavy atom. The number of aromatic nitrogens is 4. The number of nitrogens with one attached hydrogen (secondary N) is 1. The Kier molecular flexibility index (Phi) is 4.85. The maximum Gasteiger partial charge on any atom is 0.227 e. The lowest BCUT2D eigenvalue weighted by Gasteiger charge is -2.32. The normalized spacial score (nSPS) is 14.7. The molecule has 150 valence electrons. The van der Waals surface area contributed by atoms with Crippen LogP contribution in [-0.4, -0.2) is 38.8 Å². The number of hydrogen-bond acceptors (Lipinski definition) is 5. The third-order valence-electron chi connectivity index (χ3n) is 5.61. The number of amides is 1. The maximum atomic E-state index is 13.0. The molecule has 0 unspecified atom stereocenters. The number of anilines is 2. The lowest BCUT2D eigenvalue weighted by Crippen LogP contribution is -2.38. The minimum Gasteiger partial charge on any atom is -0.355 e. The SMILES string of the molecule is O=C(Nc1ccccc1-c1ccccc1)C1CCN(c2ccc3nncn3n2)CC1. The summed E-state index contributed by atoms with van der Waals surface area (Å²) in [5.41, 5.74) is 3.72. The zero-order valence-electron chi connectivity index (χ0n) is 16.5. The maximum absolute atomic E-state index is 13.0. The second kappa shape index (κ2) is 7.94. The molecule has 7 nitrogen and oxygen atoms in total. The molecule has 2 aromatic heterocycles. The van der Waals surface area contributed by atoms with E-state index in [4.69, 9.17) is 0 Å². The molecule has 0 aliphatic carbocycles. The van der Waals surface area contributed by atoms with Gasteiger partial charge in [0.15, 0.2) is 5.65 Å². The van der Waals surface area contributed by atoms with Crippen LogP contribution in [0.2, 0.25) is 0 Å². The van der Waals surface area contributed by atoms with Crippen LogP contribution in [0.25, 0.3) is 16.8 Å². The number of piperidine rings is 1. The van der Waals surface area contributed by atoms with Gasteiger partial charge in [0.25, 0.3) is 0 Å². The summed E-state index contributed by atoms with van der Waals surface area (Å²) in [4.78, 5) is 15.2. The van der Waals surface area contributed by atoms with Crippen LogP contribution in [0.3, 0.4) is 0 Å². The van der Waals surface area contributed by atoms with Crippen LogP contribution >= 0.6 is 0 Å². The predicted octanol–water partition coefficient (Wildman–Crippen LogP) is 3.65. The third kappa shape index (κ3) is 3.61. The number of carbonyl (C=O) groups excluding carboxylic acids is 1. The fourth-order valence-electron chi connectivity index (χ4n) is 3.95. The monoisotopic (exact) mass is 398 g/mol. The summed E-state index contributed by atoms with van der Waals surface area (Å²) >= 11 is 0. The van der Waals surface area contributed by atoms with Crippen molar-refractivity contribution in [1.29, 1.82) is 0 Å². The van der Waals surface area contributed by atoms with Crippen LogP contribution in [0.1, 0.15) is 12.8 Å². The van der Waals surface area contributed by atoms with Crippen LogP contribution in [0, 0.1) is 5.92 Å². The molecule has 0 spiro atoms. The highest BCUT2D eigenvalue weighted by molar-refractivity contribution is 5.96. The summed E-state index contributed by atoms with van der Waals surface area (Å²) in [6.45, 7) is 1.58. The van der Waals surface area contributed by atoms with Crippen LogP contribution in [0.5, 0.6) is 0 Å². The van der Waals surface area contributed by atoms with E-state index in [0.717, 1.165) is 54.2 Å². The molecule has 0 bridgehead atoms. The van der Waals surface area contributed by atoms with Gasteiger partial charge in [-0.3, -0.25) is 4.79 Å². The summed E-state index contributed by atoms with van der Waals surface area (Å²) in [6.07, 6.45) is 3.19. The van der Waals surface area contributed by atoms with Gasteiger partial charge in [-0.15, -0.1) is 15.3 Å². The molecule has 0 radical (unpaired) electrons. The first-order chi connectivity index (χ1) is 14.8. The third-order valence-corrected chi connectivity index (χ3v) is 5.61. The van der Waals surface area contributed by atoms with Gasteiger partial charge < -0.3 is 10.2 Å². The minimum atomic E-state index is -0.0104. The molecule has 1 aliphatic heterocycles. The Morgan fingerprint density at radius 2 is 1.70 bits per heavy atom. The number of nitrogens with zero attached hydrogens (tertiary/aromatic N) is 5. The van der Waals surface area contributed by atoms with E-state index in [1.54, 1.807) is 10.8 Å². The van der Waals surface area contributed by atoms with Crippen molar-refractivity contribution in [2.24, 2.45) is 5.92 Å². The summed E-state index contributed by atoms with van der Waals surface area (Å²) < 4.78 is 1.68. The fourth-order valence-corrected chi connectivity index (χ4v) is 3.95. The molecular weight excluding hydrogens is 376 g/mol. The Morgan fingerprint density at radius 1 is 0.933 bits per heavy atom. The fraction of sp³-hybridized carbons (Fsp3) is 0.217. The average Bonchev–Trinajstić information content (AvgIpc) is 3.28. The topological polar surface area (TPSA) is 75.4 Å². The van der Waals surface area contributed by atoms with Gasteiger partial charge in [-0.1, -0.05) is 48.5 Å². The van der Waals surface area contributed by atoms with E-state index in [0.29, 0.717) is 0 Å². The molecule has 1 aliphatic rings. The van der Waals surface area contributed by atoms with E-state index in [-0.39, 0.29) is 11.8 Å². The number of benzene rings is 2. The zero-order chi connectivity index (χ0) is 20.3. The molecule has 2 aromatic carbocycles. The van der Waals surface area contributed by atoms with Crippen LogP contribution in [0.4, 0.5) is 11.5 Å². The van der Waals surface area contributed by atoms with Gasteiger partial charge in [0, 0.05) is 30.3 Å². The van der Waals surface area contributed by atoms with Gasteiger partial charge in [-0.05, 0) is 36.6 Å². The van der Waals surface area contributed by atoms with Crippen molar-refractivity contribution in [3.8, 4) is 11.1 Å². The van der Waals surface area contributed by atoms with Gasteiger partial charge >= 0.3 is 0 Å². The summed E-state index contributed by atoms with van der Waals surface area (Å²) in [6, 6.07) is 22.0. The molecule has 1 amide bonds. The van der Waals surface area contributed by atoms with Gasteiger partial charge in [-0.2, -0.15) is 4.52 Å². The summed E-state index contributed by atoms with van der Waals surface area (Å²) in [7, 11) is 0. The van der Waals surface area contributed by atoms with Crippen LogP contribution in [0.15, 0.2) is 73.1 Å². The van der Waals surface area contributed by atoms with Gasteiger partial charge in [0.2, 0.25) is 5.91 Å². The number of para-hydroxylation sites is 1. The molecule has 0 atom stereocenters. The Hall–Kier alpha value is -3.74. The highest BCUT2D eigenvalue weighted by Crippen LogP contribution is 2.29. The number of fused-ring (bicyclic) bond motifs is 1.